The van der Waals surface area contributed by atoms with Gasteiger partial charge in [-0.25, -0.2) is 4.57 Å². The summed E-state index contributed by atoms with van der Waals surface area (Å²) < 4.78 is 23.6. The first-order chi connectivity index (χ1) is 25.0. The summed E-state index contributed by atoms with van der Waals surface area (Å²) in [5.74, 6) is -0.174. The van der Waals surface area contributed by atoms with Crippen LogP contribution in [0.3, 0.4) is 0 Å². The zero-order valence-corrected chi connectivity index (χ0v) is 35.4. The zero-order chi connectivity index (χ0) is 38.6. The summed E-state index contributed by atoms with van der Waals surface area (Å²) in [5, 5.41) is 13.9. The lowest BCUT2D eigenvalue weighted by atomic mass is 10.0. The summed E-state index contributed by atoms with van der Waals surface area (Å²) in [6.07, 6.45) is 41.7. The van der Waals surface area contributed by atoms with Crippen LogP contribution in [0, 0.1) is 0 Å². The van der Waals surface area contributed by atoms with E-state index in [2.05, 4.69) is 55.6 Å². The monoisotopic (exact) mass is 756 g/mol. The Morgan fingerprint density at radius 2 is 1.15 bits per heavy atom. The van der Waals surface area contributed by atoms with Crippen molar-refractivity contribution in [3.63, 3.8) is 0 Å². The molecule has 306 valence electrons. The van der Waals surface area contributed by atoms with Crippen molar-refractivity contribution in [2.45, 2.75) is 193 Å². The van der Waals surface area contributed by atoms with Gasteiger partial charge in [0, 0.05) is 6.42 Å². The third-order valence-corrected chi connectivity index (χ3v) is 10.4. The number of rotatable bonds is 38. The fourth-order valence-electron chi connectivity index (χ4n) is 6.00. The third kappa shape index (κ3) is 37.1. The van der Waals surface area contributed by atoms with Crippen LogP contribution >= 0.6 is 7.82 Å². The van der Waals surface area contributed by atoms with Crippen molar-refractivity contribution >= 4 is 13.7 Å². The topological polar surface area (TPSA) is 105 Å². The van der Waals surface area contributed by atoms with Crippen molar-refractivity contribution in [3.05, 3.63) is 36.5 Å². The second-order valence-corrected chi connectivity index (χ2v) is 17.1. The van der Waals surface area contributed by atoms with E-state index in [-0.39, 0.29) is 19.1 Å². The molecule has 0 aliphatic rings. The van der Waals surface area contributed by atoms with E-state index in [1.807, 2.05) is 21.1 Å². The molecule has 9 heteroatoms. The number of carbonyl (C=O) groups is 1. The number of hydrogen-bond acceptors (Lipinski definition) is 5. The van der Waals surface area contributed by atoms with Crippen LogP contribution in [-0.4, -0.2) is 73.4 Å². The maximum Gasteiger partial charge on any atom is 0.472 e. The lowest BCUT2D eigenvalue weighted by Crippen LogP contribution is -2.46. The number of carbonyl (C=O) groups excluding carboxylic acids is 1. The smallest absolute Gasteiger partial charge is 0.391 e. The van der Waals surface area contributed by atoms with Crippen molar-refractivity contribution in [1.29, 1.82) is 0 Å². The highest BCUT2D eigenvalue weighted by atomic mass is 31.2. The Morgan fingerprint density at radius 3 is 1.67 bits per heavy atom. The number of aliphatic hydroxyl groups is 1. The largest absolute Gasteiger partial charge is 0.472 e. The van der Waals surface area contributed by atoms with Crippen LogP contribution in [0.1, 0.15) is 181 Å². The molecule has 0 rings (SSSR count). The molecule has 8 nitrogen and oxygen atoms in total. The number of likely N-dealkylation sites (N-methyl/N-ethyl adjacent to an activating group) is 1. The first kappa shape index (κ1) is 50.7. The minimum absolute atomic E-state index is 0.0681. The highest BCUT2D eigenvalue weighted by Crippen LogP contribution is 2.43. The van der Waals surface area contributed by atoms with Crippen molar-refractivity contribution in [1.82, 2.24) is 5.32 Å². The molecule has 0 saturated carbocycles. The Morgan fingerprint density at radius 1 is 0.673 bits per heavy atom. The van der Waals surface area contributed by atoms with Crippen molar-refractivity contribution in [2.75, 3.05) is 40.9 Å². The normalized spacial score (nSPS) is 14.8. The van der Waals surface area contributed by atoms with Gasteiger partial charge in [0.2, 0.25) is 5.91 Å². The van der Waals surface area contributed by atoms with E-state index < -0.39 is 20.0 Å². The maximum absolute atomic E-state index is 12.8. The van der Waals surface area contributed by atoms with Gasteiger partial charge >= 0.3 is 7.82 Å². The summed E-state index contributed by atoms with van der Waals surface area (Å²) in [6, 6.07) is -0.774. The van der Waals surface area contributed by atoms with Crippen molar-refractivity contribution in [3.8, 4) is 0 Å². The van der Waals surface area contributed by atoms with E-state index in [0.717, 1.165) is 64.2 Å². The number of phosphoric acid groups is 1. The number of aliphatic hydroxyl groups excluding tert-OH is 1. The average Bonchev–Trinajstić information content (AvgIpc) is 3.09. The van der Waals surface area contributed by atoms with E-state index in [1.165, 1.54) is 89.9 Å². The van der Waals surface area contributed by atoms with Gasteiger partial charge in [-0.05, 0) is 44.9 Å². The summed E-state index contributed by atoms with van der Waals surface area (Å²) >= 11 is 0. The molecular formula is C43H84N2O6P+. The number of hydrogen-bond donors (Lipinski definition) is 3. The molecule has 0 aromatic carbocycles. The number of unbranched alkanes of at least 4 members (excludes halogenated alkanes) is 19. The fourth-order valence-corrected chi connectivity index (χ4v) is 6.74. The Balaban J connectivity index is 4.42. The molecule has 0 fully saturated rings. The highest BCUT2D eigenvalue weighted by Gasteiger charge is 2.28. The number of nitrogens with one attached hydrogen (secondary N) is 1. The van der Waals surface area contributed by atoms with Crippen molar-refractivity contribution < 1.29 is 32.9 Å². The van der Waals surface area contributed by atoms with Crippen LogP contribution in [-0.2, 0) is 18.4 Å². The second kappa shape index (κ2) is 35.4. The minimum atomic E-state index is -4.32. The molecule has 0 aliphatic carbocycles. The van der Waals surface area contributed by atoms with E-state index in [0.29, 0.717) is 23.9 Å². The van der Waals surface area contributed by atoms with E-state index in [4.69, 9.17) is 9.05 Å². The molecule has 0 spiro atoms. The van der Waals surface area contributed by atoms with Gasteiger partial charge in [-0.3, -0.25) is 13.8 Å². The first-order valence-corrected chi connectivity index (χ1v) is 22.8. The van der Waals surface area contributed by atoms with Crippen LogP contribution < -0.4 is 5.32 Å². The van der Waals surface area contributed by atoms with Gasteiger partial charge in [-0.15, -0.1) is 0 Å². The number of allylic oxidation sites excluding steroid dienone is 6. The van der Waals surface area contributed by atoms with Gasteiger partial charge in [-0.1, -0.05) is 166 Å². The molecule has 0 heterocycles. The molecule has 1 amide bonds. The van der Waals surface area contributed by atoms with Gasteiger partial charge in [0.15, 0.2) is 0 Å². The van der Waals surface area contributed by atoms with Crippen LogP contribution in [0.4, 0.5) is 0 Å². The summed E-state index contributed by atoms with van der Waals surface area (Å²) in [7, 11) is 1.59. The Labute approximate surface area is 321 Å². The van der Waals surface area contributed by atoms with E-state index in [9.17, 15) is 19.4 Å². The van der Waals surface area contributed by atoms with Crippen molar-refractivity contribution in [2.24, 2.45) is 0 Å². The predicted octanol–water partition coefficient (Wildman–Crippen LogP) is 11.5. The lowest BCUT2D eigenvalue weighted by molar-refractivity contribution is -0.870. The molecule has 3 N–H and O–H groups in total. The molecule has 0 aromatic rings. The van der Waals surface area contributed by atoms with Gasteiger partial charge in [0.25, 0.3) is 0 Å². The molecule has 3 unspecified atom stereocenters. The Kier molecular flexibility index (Phi) is 34.6. The van der Waals surface area contributed by atoms with Crippen LogP contribution in [0.15, 0.2) is 36.5 Å². The molecule has 52 heavy (non-hydrogen) atoms. The average molecular weight is 756 g/mol. The zero-order valence-electron chi connectivity index (χ0n) is 34.5. The van der Waals surface area contributed by atoms with Gasteiger partial charge in [-0.2, -0.15) is 0 Å². The third-order valence-electron chi connectivity index (χ3n) is 9.40. The van der Waals surface area contributed by atoms with E-state index in [1.54, 1.807) is 0 Å². The standard InChI is InChI=1S/C43H83N2O6P/c1-6-8-10-12-14-16-18-20-21-22-23-25-26-28-30-32-34-36-42(46)41(40-51-52(48,49)50-39-38-45(3,4)5)44-43(47)37-35-33-31-29-27-24-19-17-15-13-11-9-7-2/h9,11,15,17,24,27,41-42,46H,6-8,10,12-14,16,18-23,25-26,28-40H2,1-5H3,(H-,44,47,48,49)/p+1/b11-9-,17-15-,27-24-. The Bertz CT molecular complexity index is 948. The predicted molar refractivity (Wildman–Crippen MR) is 221 cm³/mol. The number of nitrogens with zero attached hydrogens (tertiary/aromatic N) is 1. The first-order valence-electron chi connectivity index (χ1n) is 21.4. The van der Waals surface area contributed by atoms with Gasteiger partial charge in [0.1, 0.15) is 13.2 Å². The Hall–Kier alpha value is -1.28. The number of phosphoric ester groups is 1. The fraction of sp³-hybridized carbons (Fsp3) is 0.837. The van der Waals surface area contributed by atoms with Crippen LogP contribution in [0.2, 0.25) is 0 Å². The second-order valence-electron chi connectivity index (χ2n) is 15.7. The molecular weight excluding hydrogens is 671 g/mol. The lowest BCUT2D eigenvalue weighted by Gasteiger charge is -2.26. The molecule has 0 bridgehead atoms. The molecule has 0 radical (unpaired) electrons. The summed E-state index contributed by atoms with van der Waals surface area (Å²) in [6.45, 7) is 4.74. The molecule has 0 saturated heterocycles. The van der Waals surface area contributed by atoms with Gasteiger partial charge < -0.3 is 19.8 Å². The summed E-state index contributed by atoms with van der Waals surface area (Å²) in [5.41, 5.74) is 0. The van der Waals surface area contributed by atoms with Crippen LogP contribution in [0.5, 0.6) is 0 Å². The quantitative estimate of drug-likeness (QED) is 0.0251. The number of quaternary nitrogens is 1. The molecule has 0 aromatic heterocycles. The van der Waals surface area contributed by atoms with Crippen LogP contribution in [0.25, 0.3) is 0 Å². The van der Waals surface area contributed by atoms with E-state index >= 15 is 0 Å². The maximum atomic E-state index is 12.8. The highest BCUT2D eigenvalue weighted by molar-refractivity contribution is 7.47. The minimum Gasteiger partial charge on any atom is -0.391 e. The summed E-state index contributed by atoms with van der Waals surface area (Å²) in [4.78, 5) is 23.1. The molecule has 0 aliphatic heterocycles. The SMILES string of the molecule is CC/C=C\C/C=C\C/C=C\CCCCCC(=O)NC(COP(=O)(O)OCC[N+](C)(C)C)C(O)CCCCCCCCCCCCCCCCCCC. The molecule has 3 atom stereocenters. The number of amides is 1. The van der Waals surface area contributed by atoms with Gasteiger partial charge in [0.05, 0.1) is 39.9 Å².